The predicted molar refractivity (Wildman–Crippen MR) is 110 cm³/mol. The van der Waals surface area contributed by atoms with Crippen molar-refractivity contribution in [2.75, 3.05) is 6.54 Å². The smallest absolute Gasteiger partial charge is 0.475 e. The Morgan fingerprint density at radius 3 is 2.06 bits per heavy atom. The summed E-state index contributed by atoms with van der Waals surface area (Å²) in [4.78, 5) is 49.6. The number of nitrogens with one attached hydrogen (secondary N) is 2. The van der Waals surface area contributed by atoms with Gasteiger partial charge in [0.2, 0.25) is 5.91 Å². The normalized spacial score (nSPS) is 11.3. The lowest BCUT2D eigenvalue weighted by Gasteiger charge is -2.17. The summed E-state index contributed by atoms with van der Waals surface area (Å²) in [6.45, 7) is 1.65. The van der Waals surface area contributed by atoms with Gasteiger partial charge in [0, 0.05) is 6.42 Å². The van der Waals surface area contributed by atoms with E-state index in [1.54, 1.807) is 24.3 Å². The lowest BCUT2D eigenvalue weighted by Crippen LogP contribution is -2.50. The molecule has 0 radical (unpaired) electrons. The Kier molecular flexibility index (Phi) is 10.5. The Hall–Kier alpha value is -3.93. The molecule has 0 aliphatic carbocycles. The molecule has 5 N–H and O–H groups in total. The Bertz CT molecular complexity index is 950. The standard InChI is InChI=1S/C19H21N3O4.C2HF3O2/c1-13-7-9-15(10-8-13)19(25)26-22-18(24)16(21-17(23)12-20)11-14-5-3-2-4-6-14;3-2(4,5)1(6)7/h2-10,16H,11-12,20H2,1H3,(H,21,23)(H,22,24);(H,6,7)/t16-;/m0./s1. The SMILES string of the molecule is Cc1ccc(C(=O)ONC(=O)[C@H](Cc2ccccc2)NC(=O)CN)cc1.O=C(O)C(F)(F)F. The number of aryl methyl sites for hydroxylation is 1. The molecule has 0 saturated heterocycles. The van der Waals surface area contributed by atoms with E-state index in [1.165, 1.54) is 0 Å². The van der Waals surface area contributed by atoms with E-state index in [9.17, 15) is 27.6 Å². The van der Waals surface area contributed by atoms with Gasteiger partial charge in [-0.15, -0.1) is 0 Å². The minimum Gasteiger partial charge on any atom is -0.475 e. The number of halogens is 3. The van der Waals surface area contributed by atoms with E-state index in [2.05, 4.69) is 10.8 Å². The second-order valence-electron chi connectivity index (χ2n) is 6.54. The van der Waals surface area contributed by atoms with Crippen molar-refractivity contribution in [3.8, 4) is 0 Å². The molecular weight excluding hydrogens is 447 g/mol. The number of nitrogens with two attached hydrogens (primary N) is 1. The second kappa shape index (κ2) is 12.8. The summed E-state index contributed by atoms with van der Waals surface area (Å²) in [6.07, 6.45) is -4.85. The van der Waals surface area contributed by atoms with E-state index in [0.717, 1.165) is 11.1 Å². The van der Waals surface area contributed by atoms with Gasteiger partial charge in [-0.1, -0.05) is 48.0 Å². The van der Waals surface area contributed by atoms with Crippen molar-refractivity contribution in [1.82, 2.24) is 10.8 Å². The molecular formula is C21H22F3N3O6. The molecule has 0 bridgehead atoms. The van der Waals surface area contributed by atoms with Crippen molar-refractivity contribution in [1.29, 1.82) is 0 Å². The van der Waals surface area contributed by atoms with Gasteiger partial charge in [-0.05, 0) is 24.6 Å². The van der Waals surface area contributed by atoms with E-state index in [4.69, 9.17) is 20.5 Å². The Balaban J connectivity index is 0.000000675. The third-order valence-corrected chi connectivity index (χ3v) is 3.89. The van der Waals surface area contributed by atoms with Crippen LogP contribution in [0.2, 0.25) is 0 Å². The summed E-state index contributed by atoms with van der Waals surface area (Å²) in [7, 11) is 0. The maximum Gasteiger partial charge on any atom is 0.490 e. The number of aliphatic carboxylic acids is 1. The van der Waals surface area contributed by atoms with Crippen LogP contribution in [0.3, 0.4) is 0 Å². The molecule has 0 spiro atoms. The number of carboxylic acids is 1. The molecule has 12 heteroatoms. The fraction of sp³-hybridized carbons (Fsp3) is 0.238. The van der Waals surface area contributed by atoms with Crippen LogP contribution in [-0.2, 0) is 25.6 Å². The maximum absolute atomic E-state index is 12.3. The summed E-state index contributed by atoms with van der Waals surface area (Å²) in [6, 6.07) is 15.0. The van der Waals surface area contributed by atoms with Gasteiger partial charge in [-0.2, -0.15) is 18.7 Å². The van der Waals surface area contributed by atoms with Crippen molar-refractivity contribution < 1.29 is 42.3 Å². The lowest BCUT2D eigenvalue weighted by atomic mass is 10.1. The van der Waals surface area contributed by atoms with Crippen molar-refractivity contribution in [2.45, 2.75) is 25.6 Å². The first kappa shape index (κ1) is 27.1. The zero-order valence-electron chi connectivity index (χ0n) is 17.4. The van der Waals surface area contributed by atoms with Gasteiger partial charge in [0.15, 0.2) is 0 Å². The Morgan fingerprint density at radius 1 is 1.03 bits per heavy atom. The van der Waals surface area contributed by atoms with Crippen LogP contribution >= 0.6 is 0 Å². The number of carbonyl (C=O) groups excluding carboxylic acids is 3. The maximum atomic E-state index is 12.3. The third-order valence-electron chi connectivity index (χ3n) is 3.89. The van der Waals surface area contributed by atoms with Crippen molar-refractivity contribution in [2.24, 2.45) is 5.73 Å². The highest BCUT2D eigenvalue weighted by Gasteiger charge is 2.38. The zero-order chi connectivity index (χ0) is 25.0. The zero-order valence-corrected chi connectivity index (χ0v) is 17.4. The first-order chi connectivity index (χ1) is 15.4. The number of hydrogen-bond acceptors (Lipinski definition) is 6. The van der Waals surface area contributed by atoms with Crippen LogP contribution in [-0.4, -0.2) is 47.6 Å². The number of rotatable bonds is 6. The topological polar surface area (TPSA) is 148 Å². The second-order valence-corrected chi connectivity index (χ2v) is 6.54. The largest absolute Gasteiger partial charge is 0.490 e. The first-order valence-electron chi connectivity index (χ1n) is 9.35. The summed E-state index contributed by atoms with van der Waals surface area (Å²) >= 11 is 0. The quantitative estimate of drug-likeness (QED) is 0.469. The van der Waals surface area contributed by atoms with Gasteiger partial charge in [-0.3, -0.25) is 9.59 Å². The van der Waals surface area contributed by atoms with Crippen LogP contribution in [0.25, 0.3) is 0 Å². The molecule has 1 atom stereocenters. The van der Waals surface area contributed by atoms with E-state index in [1.807, 2.05) is 37.3 Å². The number of hydrogen-bond donors (Lipinski definition) is 4. The lowest BCUT2D eigenvalue weighted by molar-refractivity contribution is -0.192. The van der Waals surface area contributed by atoms with Crippen LogP contribution in [0, 0.1) is 6.92 Å². The molecule has 9 nitrogen and oxygen atoms in total. The summed E-state index contributed by atoms with van der Waals surface area (Å²) in [5.74, 6) is -4.57. The summed E-state index contributed by atoms with van der Waals surface area (Å²) in [5, 5.41) is 9.64. The number of carboxylic acid groups (broad SMARTS) is 1. The summed E-state index contributed by atoms with van der Waals surface area (Å²) in [5.41, 5.74) is 9.54. The van der Waals surface area contributed by atoms with Gasteiger partial charge in [0.1, 0.15) is 6.04 Å². The van der Waals surface area contributed by atoms with Crippen molar-refractivity contribution in [3.05, 3.63) is 71.3 Å². The molecule has 2 aromatic rings. The van der Waals surface area contributed by atoms with Gasteiger partial charge in [0.05, 0.1) is 12.1 Å². The fourth-order valence-corrected chi connectivity index (χ4v) is 2.23. The highest BCUT2D eigenvalue weighted by molar-refractivity contribution is 5.92. The van der Waals surface area contributed by atoms with E-state index in [0.29, 0.717) is 5.56 Å². The number of carbonyl (C=O) groups is 4. The molecule has 0 heterocycles. The Labute approximate surface area is 186 Å². The van der Waals surface area contributed by atoms with E-state index < -0.39 is 36.0 Å². The average molecular weight is 469 g/mol. The molecule has 0 saturated carbocycles. The van der Waals surface area contributed by atoms with Crippen LogP contribution < -0.4 is 16.5 Å². The Morgan fingerprint density at radius 2 is 1.58 bits per heavy atom. The number of amides is 2. The third kappa shape index (κ3) is 10.3. The van der Waals surface area contributed by atoms with Crippen molar-refractivity contribution >= 4 is 23.8 Å². The average Bonchev–Trinajstić information content (AvgIpc) is 2.77. The summed E-state index contributed by atoms with van der Waals surface area (Å²) < 4.78 is 31.7. The van der Waals surface area contributed by atoms with Gasteiger partial charge >= 0.3 is 18.1 Å². The monoisotopic (exact) mass is 469 g/mol. The van der Waals surface area contributed by atoms with Crippen LogP contribution in [0.4, 0.5) is 13.2 Å². The van der Waals surface area contributed by atoms with Crippen LogP contribution in [0.5, 0.6) is 0 Å². The molecule has 0 fully saturated rings. The molecule has 2 aromatic carbocycles. The molecule has 0 aliphatic heterocycles. The van der Waals surface area contributed by atoms with Gasteiger partial charge in [0.25, 0.3) is 5.91 Å². The van der Waals surface area contributed by atoms with Crippen molar-refractivity contribution in [3.63, 3.8) is 0 Å². The van der Waals surface area contributed by atoms with Crippen LogP contribution in [0.15, 0.2) is 54.6 Å². The molecule has 2 amide bonds. The number of hydroxylamine groups is 1. The number of alkyl halides is 3. The highest BCUT2D eigenvalue weighted by Crippen LogP contribution is 2.13. The molecule has 0 aromatic heterocycles. The minimum atomic E-state index is -5.08. The highest BCUT2D eigenvalue weighted by atomic mass is 19.4. The first-order valence-corrected chi connectivity index (χ1v) is 9.35. The molecule has 33 heavy (non-hydrogen) atoms. The minimum absolute atomic E-state index is 0.237. The van der Waals surface area contributed by atoms with E-state index in [-0.39, 0.29) is 13.0 Å². The predicted octanol–water partition coefficient (Wildman–Crippen LogP) is 1.50. The molecule has 178 valence electrons. The van der Waals surface area contributed by atoms with Gasteiger partial charge < -0.3 is 21.0 Å². The molecule has 2 rings (SSSR count). The number of benzene rings is 2. The van der Waals surface area contributed by atoms with E-state index >= 15 is 0 Å². The molecule has 0 unspecified atom stereocenters. The van der Waals surface area contributed by atoms with Gasteiger partial charge in [-0.25, -0.2) is 9.59 Å². The van der Waals surface area contributed by atoms with Crippen LogP contribution in [0.1, 0.15) is 21.5 Å². The molecule has 0 aliphatic rings. The fourth-order valence-electron chi connectivity index (χ4n) is 2.23.